The van der Waals surface area contributed by atoms with Crippen LogP contribution in [0.15, 0.2) is 24.3 Å². The summed E-state index contributed by atoms with van der Waals surface area (Å²) in [6.07, 6.45) is 0. The van der Waals surface area contributed by atoms with Gasteiger partial charge in [-0.25, -0.2) is 0 Å². The van der Waals surface area contributed by atoms with Gasteiger partial charge in [0.2, 0.25) is 11.8 Å². The number of nitrogens with two attached hydrogens (primary N) is 2. The molecule has 0 radical (unpaired) electrons. The van der Waals surface area contributed by atoms with E-state index in [1.54, 1.807) is 18.2 Å². The summed E-state index contributed by atoms with van der Waals surface area (Å²) < 4.78 is 0. The van der Waals surface area contributed by atoms with Crippen LogP contribution in [0.3, 0.4) is 0 Å². The van der Waals surface area contributed by atoms with Crippen molar-refractivity contribution >= 4 is 17.5 Å². The predicted molar refractivity (Wildman–Crippen MR) is 52.6 cm³/mol. The van der Waals surface area contributed by atoms with Crippen LogP contribution >= 0.6 is 0 Å². The Kier molecular flexibility index (Phi) is 3.19. The minimum absolute atomic E-state index is 0.0964. The lowest BCUT2D eigenvalue weighted by Gasteiger charge is -2.03. The van der Waals surface area contributed by atoms with E-state index in [0.29, 0.717) is 11.3 Å². The molecule has 0 unspecified atom stereocenters. The van der Waals surface area contributed by atoms with Crippen LogP contribution < -0.4 is 16.8 Å². The lowest BCUT2D eigenvalue weighted by Crippen LogP contribution is -2.22. The van der Waals surface area contributed by atoms with Gasteiger partial charge in [0.1, 0.15) is 0 Å². The summed E-state index contributed by atoms with van der Waals surface area (Å²) in [6, 6.07) is 6.35. The molecule has 74 valence electrons. The Bertz CT molecular complexity index is 363. The number of nitrogens with one attached hydrogen (secondary N) is 1. The van der Waals surface area contributed by atoms with E-state index >= 15 is 0 Å². The van der Waals surface area contributed by atoms with Crippen LogP contribution in [0.25, 0.3) is 0 Å². The summed E-state index contributed by atoms with van der Waals surface area (Å²) in [6.45, 7) is -0.0964. The molecule has 0 aromatic heterocycles. The zero-order valence-electron chi connectivity index (χ0n) is 7.49. The van der Waals surface area contributed by atoms with Gasteiger partial charge in [0.15, 0.2) is 0 Å². The number of hydrogen-bond donors (Lipinski definition) is 3. The van der Waals surface area contributed by atoms with E-state index in [4.69, 9.17) is 11.5 Å². The van der Waals surface area contributed by atoms with E-state index in [0.717, 1.165) is 0 Å². The molecule has 1 aromatic rings. The molecule has 0 aliphatic rings. The molecular formula is C9H11N3O2. The molecule has 1 rings (SSSR count). The molecular weight excluding hydrogens is 182 g/mol. The highest BCUT2D eigenvalue weighted by atomic mass is 16.2. The number of anilines is 1. The molecule has 0 heterocycles. The van der Waals surface area contributed by atoms with Crippen LogP contribution in [0.4, 0.5) is 5.69 Å². The summed E-state index contributed by atoms with van der Waals surface area (Å²) >= 11 is 0. The van der Waals surface area contributed by atoms with Crippen molar-refractivity contribution in [2.45, 2.75) is 0 Å². The molecule has 1 aromatic carbocycles. The maximum atomic E-state index is 10.9. The van der Waals surface area contributed by atoms with Crippen LogP contribution in [-0.4, -0.2) is 18.4 Å². The number of carbonyl (C=O) groups excluding carboxylic acids is 2. The van der Waals surface area contributed by atoms with Crippen molar-refractivity contribution in [2.24, 2.45) is 11.5 Å². The first-order valence-corrected chi connectivity index (χ1v) is 4.03. The van der Waals surface area contributed by atoms with Crippen LogP contribution in [0.1, 0.15) is 10.4 Å². The quantitative estimate of drug-likeness (QED) is 0.613. The highest BCUT2D eigenvalue weighted by Crippen LogP contribution is 2.09. The van der Waals surface area contributed by atoms with Gasteiger partial charge in [-0.1, -0.05) is 6.07 Å². The SMILES string of the molecule is NCC(=O)Nc1cccc(C(N)=O)c1. The third-order valence-electron chi connectivity index (χ3n) is 1.62. The summed E-state index contributed by atoms with van der Waals surface area (Å²) in [5.41, 5.74) is 11.0. The van der Waals surface area contributed by atoms with E-state index < -0.39 is 5.91 Å². The van der Waals surface area contributed by atoms with Crippen LogP contribution in [0, 0.1) is 0 Å². The van der Waals surface area contributed by atoms with Gasteiger partial charge in [0.25, 0.3) is 0 Å². The van der Waals surface area contributed by atoms with Gasteiger partial charge in [-0.3, -0.25) is 9.59 Å². The van der Waals surface area contributed by atoms with Gasteiger partial charge in [-0.15, -0.1) is 0 Å². The van der Waals surface area contributed by atoms with Crippen molar-refractivity contribution < 1.29 is 9.59 Å². The lowest BCUT2D eigenvalue weighted by atomic mass is 10.2. The van der Waals surface area contributed by atoms with Crippen molar-refractivity contribution in [3.8, 4) is 0 Å². The second kappa shape index (κ2) is 4.38. The van der Waals surface area contributed by atoms with E-state index in [-0.39, 0.29) is 12.5 Å². The standard InChI is InChI=1S/C9H11N3O2/c10-5-8(13)12-7-3-1-2-6(4-7)9(11)14/h1-4H,5,10H2,(H2,11,14)(H,12,13). The molecule has 0 atom stereocenters. The molecule has 14 heavy (non-hydrogen) atoms. The maximum Gasteiger partial charge on any atom is 0.248 e. The Balaban J connectivity index is 2.83. The summed E-state index contributed by atoms with van der Waals surface area (Å²) in [7, 11) is 0. The van der Waals surface area contributed by atoms with Crippen LogP contribution in [-0.2, 0) is 4.79 Å². The molecule has 0 fully saturated rings. The maximum absolute atomic E-state index is 10.9. The van der Waals surface area contributed by atoms with E-state index in [1.165, 1.54) is 6.07 Å². The first kappa shape index (κ1) is 10.2. The Labute approximate surface area is 81.1 Å². The second-order valence-corrected chi connectivity index (χ2v) is 2.70. The normalized spacial score (nSPS) is 9.50. The first-order chi connectivity index (χ1) is 6.63. The monoisotopic (exact) mass is 193 g/mol. The third-order valence-corrected chi connectivity index (χ3v) is 1.62. The number of rotatable bonds is 3. The third kappa shape index (κ3) is 2.56. The van der Waals surface area contributed by atoms with E-state index in [2.05, 4.69) is 5.32 Å². The zero-order valence-corrected chi connectivity index (χ0v) is 7.49. The highest BCUT2D eigenvalue weighted by Gasteiger charge is 2.02. The Hall–Kier alpha value is -1.88. The number of hydrogen-bond acceptors (Lipinski definition) is 3. The molecule has 5 heteroatoms. The average molecular weight is 193 g/mol. The number of benzene rings is 1. The zero-order chi connectivity index (χ0) is 10.6. The van der Waals surface area contributed by atoms with E-state index in [1.807, 2.05) is 0 Å². The van der Waals surface area contributed by atoms with Crippen molar-refractivity contribution in [3.63, 3.8) is 0 Å². The second-order valence-electron chi connectivity index (χ2n) is 2.70. The van der Waals surface area contributed by atoms with Gasteiger partial charge in [-0.05, 0) is 18.2 Å². The van der Waals surface area contributed by atoms with Crippen molar-refractivity contribution in [3.05, 3.63) is 29.8 Å². The fraction of sp³-hybridized carbons (Fsp3) is 0.111. The molecule has 0 saturated carbocycles. The Morgan fingerprint density at radius 2 is 2.07 bits per heavy atom. The first-order valence-electron chi connectivity index (χ1n) is 4.03. The molecule has 0 spiro atoms. The Morgan fingerprint density at radius 3 is 2.64 bits per heavy atom. The van der Waals surface area contributed by atoms with Gasteiger partial charge in [0.05, 0.1) is 6.54 Å². The molecule has 0 saturated heterocycles. The summed E-state index contributed by atoms with van der Waals surface area (Å²) in [4.78, 5) is 21.7. The largest absolute Gasteiger partial charge is 0.366 e. The molecule has 5 nitrogen and oxygen atoms in total. The average Bonchev–Trinajstić information content (AvgIpc) is 2.18. The van der Waals surface area contributed by atoms with Gasteiger partial charge in [-0.2, -0.15) is 0 Å². The number of amides is 2. The number of carbonyl (C=O) groups is 2. The van der Waals surface area contributed by atoms with Crippen LogP contribution in [0.5, 0.6) is 0 Å². The summed E-state index contributed by atoms with van der Waals surface area (Å²) in [5, 5.41) is 2.52. The van der Waals surface area contributed by atoms with Crippen molar-refractivity contribution in [1.29, 1.82) is 0 Å². The Morgan fingerprint density at radius 1 is 1.36 bits per heavy atom. The van der Waals surface area contributed by atoms with Gasteiger partial charge < -0.3 is 16.8 Å². The molecule has 5 N–H and O–H groups in total. The fourth-order valence-corrected chi connectivity index (χ4v) is 0.962. The fourth-order valence-electron chi connectivity index (χ4n) is 0.962. The van der Waals surface area contributed by atoms with Crippen LogP contribution in [0.2, 0.25) is 0 Å². The molecule has 2 amide bonds. The van der Waals surface area contributed by atoms with Crippen molar-refractivity contribution in [1.82, 2.24) is 0 Å². The minimum atomic E-state index is -0.533. The molecule has 0 aliphatic carbocycles. The smallest absolute Gasteiger partial charge is 0.248 e. The lowest BCUT2D eigenvalue weighted by molar-refractivity contribution is -0.114. The van der Waals surface area contributed by atoms with Crippen molar-refractivity contribution in [2.75, 3.05) is 11.9 Å². The summed E-state index contributed by atoms with van der Waals surface area (Å²) in [5.74, 6) is -0.847. The topological polar surface area (TPSA) is 98.2 Å². The van der Waals surface area contributed by atoms with Gasteiger partial charge >= 0.3 is 0 Å². The van der Waals surface area contributed by atoms with E-state index in [9.17, 15) is 9.59 Å². The highest BCUT2D eigenvalue weighted by molar-refractivity contribution is 5.96. The number of primary amides is 1. The molecule has 0 aliphatic heterocycles. The van der Waals surface area contributed by atoms with Gasteiger partial charge in [0, 0.05) is 11.3 Å². The predicted octanol–water partition coefficient (Wildman–Crippen LogP) is -0.317. The molecule has 0 bridgehead atoms. The minimum Gasteiger partial charge on any atom is -0.366 e.